The minimum absolute atomic E-state index is 0.00141. The molecule has 35 nitrogen and oxygen atoms in total. The van der Waals surface area contributed by atoms with E-state index in [-0.39, 0.29) is 118 Å². The lowest BCUT2D eigenvalue weighted by Crippen LogP contribution is -2.62. The van der Waals surface area contributed by atoms with Crippen LogP contribution < -0.4 is 37.6 Å². The van der Waals surface area contributed by atoms with Crippen LogP contribution in [0, 0.1) is 0 Å². The van der Waals surface area contributed by atoms with Crippen molar-refractivity contribution in [1.29, 1.82) is 0 Å². The van der Waals surface area contributed by atoms with Crippen molar-refractivity contribution in [3.8, 4) is 38.4 Å². The molecule has 0 saturated carbocycles. The predicted octanol–water partition coefficient (Wildman–Crippen LogP) is 4.19. The van der Waals surface area contributed by atoms with Gasteiger partial charge in [0.2, 0.25) is 5.91 Å². The van der Waals surface area contributed by atoms with Crippen molar-refractivity contribution in [2.75, 3.05) is 40.9 Å². The molecule has 1 fully saturated rings. The van der Waals surface area contributed by atoms with Crippen LogP contribution in [-0.4, -0.2) is 214 Å². The number of aromatic nitrogens is 7. The van der Waals surface area contributed by atoms with Gasteiger partial charge >= 0.3 is 30.1 Å². The summed E-state index contributed by atoms with van der Waals surface area (Å²) in [5.74, 6) is -9.73. The first-order valence-electron chi connectivity index (χ1n) is 31.5. The van der Waals surface area contributed by atoms with Crippen LogP contribution in [-0.2, 0) is 56.0 Å². The highest BCUT2D eigenvalue weighted by Crippen LogP contribution is 2.43. The number of rotatable bonds is 10. The Morgan fingerprint density at radius 3 is 2.15 bits per heavy atom. The number of hydrogen-bond donors (Lipinski definition) is 12. The number of primary amides is 1. The Morgan fingerprint density at radius 2 is 1.47 bits per heavy atom. The lowest BCUT2D eigenvalue weighted by atomic mass is 9.85. The van der Waals surface area contributed by atoms with Crippen molar-refractivity contribution in [2.24, 2.45) is 5.73 Å². The zero-order valence-electron chi connectivity index (χ0n) is 56.3. The number of aliphatic carboxylic acids is 1. The Bertz CT molecular complexity index is 4800. The number of alkyl halides is 3. The van der Waals surface area contributed by atoms with Gasteiger partial charge in [0.25, 0.3) is 23.6 Å². The van der Waals surface area contributed by atoms with E-state index in [9.17, 15) is 57.7 Å². The van der Waals surface area contributed by atoms with E-state index in [0.717, 1.165) is 56.7 Å². The first kappa shape index (κ1) is 76.9. The van der Waals surface area contributed by atoms with Gasteiger partial charge in [-0.25, -0.2) is 49.1 Å². The summed E-state index contributed by atoms with van der Waals surface area (Å²) in [6.45, 7) is 4.28. The average Bonchev–Trinajstić information content (AvgIpc) is 1.58. The first-order chi connectivity index (χ1) is 50.2. The number of aliphatic hydroxyl groups excluding tert-OH is 1. The first-order valence-corrected chi connectivity index (χ1v) is 35.9. The Morgan fingerprint density at radius 1 is 0.840 bits per heavy atom. The smallest absolute Gasteiger partial charge is 0.490 e. The van der Waals surface area contributed by atoms with Crippen LogP contribution in [0.15, 0.2) is 56.9 Å². The van der Waals surface area contributed by atoms with Gasteiger partial charge in [0.05, 0.1) is 43.1 Å². The summed E-state index contributed by atoms with van der Waals surface area (Å²) in [4.78, 5) is 152. The summed E-state index contributed by atoms with van der Waals surface area (Å²) >= 11 is 4.56. The van der Waals surface area contributed by atoms with Gasteiger partial charge in [-0.15, -0.1) is 56.7 Å². The van der Waals surface area contributed by atoms with Gasteiger partial charge in [0.1, 0.15) is 120 Å². The predicted molar refractivity (Wildman–Crippen MR) is 368 cm³/mol. The number of esters is 2. The Kier molecular flexibility index (Phi) is 22.8. The van der Waals surface area contributed by atoms with E-state index < -0.39 is 151 Å². The fraction of sp³-hybridized carbons (Fsp3) is 0.381. The molecule has 8 aromatic rings. The Hall–Kier alpha value is -10.2. The van der Waals surface area contributed by atoms with Crippen LogP contribution in [0.3, 0.4) is 0 Å². The SMILES string of the molecule is CO/C(C)=C1/NC(=O)[C@H]([C@@H](C)O)NC(=O)c2csc(n2)-c2cc(O)c(-c3nc(C(=O)NCCNC(N)=O)cs3)nc2-c2csc(n2)[C@@H]2COC(=O)c3c4c5c(cccc5n3O)COC(=O)[C@@H](O[C@H]3C[C@](C)(O)[C@H](N(C)C)[C@H](C)O3)[C@@H](OC4)[C@H](NC(=O)c3csc1n3)c1nc(cs1)C(=O)N2.O=C(O)C(F)(F)F. The standard InChI is InChI=1S/C61H63N15O18S5.C2HF3O2/c1-23(77)39-52(83)73-40(24(2)89-7)55-69-34(22-97-55)51(82)74-43-45-46(94-37-14-61(4,87)47(75(5)6)25(3)93-37)59(85)91-15-26-9-8-10-35-38(26)28(16-90-45)44(76(35)88)58(84)92-17-29(65-49(80)32-21-99-57(43)70-32)54-66-30(18-96-54)41-27(53-67-33(20-95-53)50(81)72-39)13-36(78)42(71-41)56-68-31(19-98-56)48(79)63-11-12-64-60(62)86;3-2(4,5)1(6)7/h8-10,13,18-23,25,29,37,39,43,45-47,77-78,87-88H,11-12,14-17H2,1-7H3,(H,63,79)(H,65,80)(H,72,81)(H,73,83)(H,74,82)(H3,62,64,86);(H,6,7)/b40-24+;/t23-,25+,29+,37+,39+,43+,45+,46+,47-,61+;/m1./s1. The number of allylic oxidation sites excluding steroid dienone is 1. The summed E-state index contributed by atoms with van der Waals surface area (Å²) < 4.78 is 70.0. The number of carboxylic acid groups (broad SMARTS) is 1. The van der Waals surface area contributed by atoms with E-state index in [0.29, 0.717) is 10.3 Å². The van der Waals surface area contributed by atoms with E-state index in [1.807, 2.05) is 0 Å². The largest absolute Gasteiger partial charge is 0.506 e. The van der Waals surface area contributed by atoms with Crippen LogP contribution >= 0.6 is 56.7 Å². The number of thiazole rings is 5. The van der Waals surface area contributed by atoms with Crippen LogP contribution in [0.1, 0.15) is 125 Å². The van der Waals surface area contributed by atoms with Gasteiger partial charge in [-0.1, -0.05) is 12.1 Å². The maximum atomic E-state index is 15.2. The highest BCUT2D eigenvalue weighted by molar-refractivity contribution is 7.14. The molecule has 1 saturated heterocycles. The van der Waals surface area contributed by atoms with Crippen molar-refractivity contribution < 1.29 is 110 Å². The number of nitrogens with zero attached hydrogens (tertiary/aromatic N) is 8. The molecule has 0 unspecified atom stereocenters. The zero-order chi connectivity index (χ0) is 76.5. The molecule has 1 aromatic carbocycles. The average molecular weight is 1570 g/mol. The number of aromatic hydroxyl groups is 1. The number of urea groups is 1. The molecule has 7 aromatic heterocycles. The molecule has 43 heteroatoms. The fourth-order valence-corrected chi connectivity index (χ4v) is 16.1. The number of aliphatic hydroxyl groups is 2. The number of nitrogens with two attached hydrogens (primary N) is 1. The molecular weight excluding hydrogens is 1500 g/mol. The normalized spacial score (nSPS) is 23.1. The van der Waals surface area contributed by atoms with Gasteiger partial charge in [-0.2, -0.15) is 17.9 Å². The number of cyclic esters (lactones) is 2. The number of amides is 7. The number of halogens is 3. The third kappa shape index (κ3) is 16.4. The lowest BCUT2D eigenvalue weighted by Gasteiger charge is -2.48. The fourth-order valence-electron chi connectivity index (χ4n) is 11.9. The third-order valence-electron chi connectivity index (χ3n) is 16.7. The number of hydrogen-bond acceptors (Lipinski definition) is 31. The van der Waals surface area contributed by atoms with Gasteiger partial charge in [0, 0.05) is 62.9 Å². The minimum atomic E-state index is -5.08. The van der Waals surface area contributed by atoms with Crippen LogP contribution in [0.5, 0.6) is 5.75 Å². The molecule has 7 amide bonds. The van der Waals surface area contributed by atoms with Gasteiger partial charge < -0.3 is 96.6 Å². The van der Waals surface area contributed by atoms with Gasteiger partial charge in [-0.3, -0.25) is 24.0 Å². The Balaban J connectivity index is 0.00000152. The summed E-state index contributed by atoms with van der Waals surface area (Å²) in [5.41, 5.74) is 2.60. The Labute approximate surface area is 615 Å². The number of nitrogens with one attached hydrogen (secondary N) is 6. The number of fused-ring (bicyclic) bond motifs is 15. The minimum Gasteiger partial charge on any atom is -0.506 e. The number of carbonyl (C=O) groups excluding carboxylic acids is 8. The molecule has 10 atom stereocenters. The topological polar surface area (TPSA) is 494 Å². The zero-order valence-corrected chi connectivity index (χ0v) is 60.4. The number of carbonyl (C=O) groups is 9. The van der Waals surface area contributed by atoms with E-state index >= 15 is 14.4 Å². The van der Waals surface area contributed by atoms with Crippen molar-refractivity contribution >= 4 is 127 Å². The quantitative estimate of drug-likeness (QED) is 0.0395. The summed E-state index contributed by atoms with van der Waals surface area (Å²) in [5, 5.41) is 77.5. The number of methoxy groups -OCH3 is 1. The molecule has 0 radical (unpaired) electrons. The molecule has 11 heterocycles. The summed E-state index contributed by atoms with van der Waals surface area (Å²) in [7, 11) is 4.84. The molecule has 12 rings (SSSR count). The maximum Gasteiger partial charge on any atom is 0.490 e. The number of benzene rings is 1. The summed E-state index contributed by atoms with van der Waals surface area (Å²) in [6.07, 6.45) is -12.6. The van der Waals surface area contributed by atoms with Crippen molar-refractivity contribution in [1.82, 2.24) is 71.4 Å². The van der Waals surface area contributed by atoms with E-state index in [1.165, 1.54) is 60.0 Å². The third-order valence-corrected chi connectivity index (χ3v) is 21.2. The van der Waals surface area contributed by atoms with E-state index in [2.05, 4.69) is 46.9 Å². The van der Waals surface area contributed by atoms with Crippen molar-refractivity contribution in [3.05, 3.63) is 112 Å². The molecule has 562 valence electrons. The molecule has 0 spiro atoms. The highest BCUT2D eigenvalue weighted by atomic mass is 32.1. The number of carboxylic acids is 1. The molecule has 106 heavy (non-hydrogen) atoms. The van der Waals surface area contributed by atoms with Crippen LogP contribution in [0.2, 0.25) is 0 Å². The van der Waals surface area contributed by atoms with E-state index in [1.54, 1.807) is 45.0 Å². The van der Waals surface area contributed by atoms with Crippen molar-refractivity contribution in [3.63, 3.8) is 0 Å². The van der Waals surface area contributed by atoms with Crippen LogP contribution in [0.4, 0.5) is 18.0 Å². The van der Waals surface area contributed by atoms with Crippen LogP contribution in [0.25, 0.3) is 49.3 Å². The second kappa shape index (κ2) is 31.5. The van der Waals surface area contributed by atoms with Gasteiger partial charge in [0.15, 0.2) is 18.1 Å². The van der Waals surface area contributed by atoms with Crippen molar-refractivity contribution in [2.45, 2.75) is 114 Å². The van der Waals surface area contributed by atoms with Gasteiger partial charge in [-0.05, 0) is 59.5 Å². The summed E-state index contributed by atoms with van der Waals surface area (Å²) in [6, 6.07) is -0.0959. The lowest BCUT2D eigenvalue weighted by molar-refractivity contribution is -0.280. The molecule has 13 N–H and O–H groups in total. The molecule has 4 aliphatic heterocycles. The van der Waals surface area contributed by atoms with E-state index in [4.69, 9.17) is 59.0 Å². The molecular formula is C63H64F3N15O20S5. The highest BCUT2D eigenvalue weighted by Gasteiger charge is 2.50. The molecule has 0 aliphatic carbocycles. The monoisotopic (exact) mass is 1570 g/mol. The second-order valence-electron chi connectivity index (χ2n) is 24.4. The molecule has 4 aliphatic rings. The number of pyridine rings is 1. The maximum absolute atomic E-state index is 15.2. The number of ether oxygens (including phenoxy) is 6. The molecule has 12 bridgehead atoms. The number of likely N-dealkylation sites (N-methyl/N-ethyl adjacent to an activating group) is 1. The second-order valence-corrected chi connectivity index (χ2v) is 28.7.